The van der Waals surface area contributed by atoms with Crippen molar-refractivity contribution >= 4 is 17.8 Å². The zero-order valence-electron chi connectivity index (χ0n) is 11.5. The highest BCUT2D eigenvalue weighted by Crippen LogP contribution is 2.16. The molecule has 0 spiro atoms. The predicted octanol–water partition coefficient (Wildman–Crippen LogP) is -0.0377. The number of nitrogens with zero attached hydrogens (tertiary/aromatic N) is 2. The number of esters is 1. The monoisotopic (exact) mass is 291 g/mol. The van der Waals surface area contributed by atoms with Gasteiger partial charge in [0.25, 0.3) is 5.91 Å². The van der Waals surface area contributed by atoms with Crippen LogP contribution < -0.4 is 5.73 Å². The predicted molar refractivity (Wildman–Crippen MR) is 73.0 cm³/mol. The maximum absolute atomic E-state index is 11.9. The fourth-order valence-electron chi connectivity index (χ4n) is 2.20. The summed E-state index contributed by atoms with van der Waals surface area (Å²) in [6, 6.07) is 3.19. The van der Waals surface area contributed by atoms with Crippen LogP contribution in [0.3, 0.4) is 0 Å². The Morgan fingerprint density at radius 2 is 2.05 bits per heavy atom. The van der Waals surface area contributed by atoms with Crippen LogP contribution in [0.25, 0.3) is 0 Å². The number of carbonyl (C=O) groups is 3. The summed E-state index contributed by atoms with van der Waals surface area (Å²) in [5.74, 6) is -1.35. The molecule has 1 aromatic heterocycles. The molecule has 7 heteroatoms. The van der Waals surface area contributed by atoms with E-state index in [9.17, 15) is 14.4 Å². The maximum Gasteiger partial charge on any atom is 0.340 e. The summed E-state index contributed by atoms with van der Waals surface area (Å²) in [7, 11) is 0. The van der Waals surface area contributed by atoms with Crippen molar-refractivity contribution in [2.24, 2.45) is 11.7 Å². The topological polar surface area (TPSA) is 103 Å². The summed E-state index contributed by atoms with van der Waals surface area (Å²) >= 11 is 0. The van der Waals surface area contributed by atoms with Gasteiger partial charge in [0.05, 0.1) is 5.56 Å². The largest absolute Gasteiger partial charge is 0.452 e. The second-order valence-corrected chi connectivity index (χ2v) is 4.88. The molecule has 0 aliphatic carbocycles. The molecule has 1 saturated heterocycles. The Labute approximate surface area is 122 Å². The highest BCUT2D eigenvalue weighted by Gasteiger charge is 2.26. The van der Waals surface area contributed by atoms with Gasteiger partial charge in [-0.2, -0.15) is 0 Å². The molecule has 1 fully saturated rings. The Kier molecular flexibility index (Phi) is 4.86. The summed E-state index contributed by atoms with van der Waals surface area (Å²) < 4.78 is 4.96. The van der Waals surface area contributed by atoms with Crippen molar-refractivity contribution < 1.29 is 19.1 Å². The molecule has 0 unspecified atom stereocenters. The Bertz CT molecular complexity index is 524. The fraction of sp³-hybridized carbons (Fsp3) is 0.429. The summed E-state index contributed by atoms with van der Waals surface area (Å²) in [4.78, 5) is 40.0. The molecule has 2 heterocycles. The second-order valence-electron chi connectivity index (χ2n) is 4.88. The number of pyridine rings is 1. The first kappa shape index (κ1) is 15.0. The first-order chi connectivity index (χ1) is 10.1. The summed E-state index contributed by atoms with van der Waals surface area (Å²) in [6.45, 7) is 0.600. The van der Waals surface area contributed by atoms with Crippen molar-refractivity contribution in [1.82, 2.24) is 9.88 Å². The highest BCUT2D eigenvalue weighted by molar-refractivity contribution is 5.91. The summed E-state index contributed by atoms with van der Waals surface area (Å²) in [5, 5.41) is 0. The standard InChI is InChI=1S/C14H17N3O4/c15-13(19)10-3-6-17(7-4-10)12(18)9-21-14(20)11-2-1-5-16-8-11/h1-2,5,8,10H,3-4,6-7,9H2,(H2,15,19). The van der Waals surface area contributed by atoms with Gasteiger partial charge in [-0.15, -0.1) is 0 Å². The van der Waals surface area contributed by atoms with E-state index in [1.807, 2.05) is 0 Å². The average Bonchev–Trinajstić information content (AvgIpc) is 2.53. The molecular formula is C14H17N3O4. The number of rotatable bonds is 4. The molecule has 0 radical (unpaired) electrons. The molecule has 0 bridgehead atoms. The lowest BCUT2D eigenvalue weighted by atomic mass is 9.96. The Balaban J connectivity index is 1.78. The minimum absolute atomic E-state index is 0.174. The highest BCUT2D eigenvalue weighted by atomic mass is 16.5. The van der Waals surface area contributed by atoms with Crippen molar-refractivity contribution in [3.05, 3.63) is 30.1 Å². The molecule has 0 aromatic carbocycles. The van der Waals surface area contributed by atoms with E-state index in [0.29, 0.717) is 31.5 Å². The van der Waals surface area contributed by atoms with Gasteiger partial charge in [0.15, 0.2) is 6.61 Å². The van der Waals surface area contributed by atoms with Crippen LogP contribution in [-0.4, -0.2) is 47.4 Å². The number of piperidine rings is 1. The molecule has 2 rings (SSSR count). The average molecular weight is 291 g/mol. The number of aromatic nitrogens is 1. The van der Waals surface area contributed by atoms with Crippen LogP contribution in [0.2, 0.25) is 0 Å². The van der Waals surface area contributed by atoms with E-state index in [2.05, 4.69) is 4.98 Å². The van der Waals surface area contributed by atoms with Crippen molar-refractivity contribution in [3.63, 3.8) is 0 Å². The third-order valence-corrected chi connectivity index (χ3v) is 3.47. The SMILES string of the molecule is NC(=O)C1CCN(C(=O)COC(=O)c2cccnc2)CC1. The van der Waals surface area contributed by atoms with E-state index in [4.69, 9.17) is 10.5 Å². The van der Waals surface area contributed by atoms with E-state index >= 15 is 0 Å². The van der Waals surface area contributed by atoms with Gasteiger partial charge in [0, 0.05) is 31.4 Å². The van der Waals surface area contributed by atoms with E-state index in [-0.39, 0.29) is 24.3 Å². The van der Waals surface area contributed by atoms with Crippen LogP contribution >= 0.6 is 0 Å². The zero-order valence-corrected chi connectivity index (χ0v) is 11.5. The number of hydrogen-bond acceptors (Lipinski definition) is 5. The van der Waals surface area contributed by atoms with Gasteiger partial charge < -0.3 is 15.4 Å². The molecule has 2 N–H and O–H groups in total. The van der Waals surface area contributed by atoms with Crippen LogP contribution in [0.4, 0.5) is 0 Å². The van der Waals surface area contributed by atoms with Crippen LogP contribution in [0.1, 0.15) is 23.2 Å². The van der Waals surface area contributed by atoms with E-state index in [0.717, 1.165) is 0 Å². The van der Waals surface area contributed by atoms with Gasteiger partial charge in [-0.05, 0) is 25.0 Å². The number of primary amides is 1. The minimum atomic E-state index is -0.580. The van der Waals surface area contributed by atoms with E-state index < -0.39 is 5.97 Å². The number of ether oxygens (including phenoxy) is 1. The van der Waals surface area contributed by atoms with Gasteiger partial charge >= 0.3 is 5.97 Å². The molecule has 112 valence electrons. The first-order valence-electron chi connectivity index (χ1n) is 6.72. The lowest BCUT2D eigenvalue weighted by Crippen LogP contribution is -2.43. The number of carbonyl (C=O) groups excluding carboxylic acids is 3. The van der Waals surface area contributed by atoms with E-state index in [1.165, 1.54) is 6.20 Å². The normalized spacial score (nSPS) is 15.5. The smallest absolute Gasteiger partial charge is 0.340 e. The van der Waals surface area contributed by atoms with Crippen molar-refractivity contribution in [1.29, 1.82) is 0 Å². The van der Waals surface area contributed by atoms with Gasteiger partial charge in [0.1, 0.15) is 0 Å². The van der Waals surface area contributed by atoms with E-state index in [1.54, 1.807) is 23.2 Å². The number of amides is 2. The first-order valence-corrected chi connectivity index (χ1v) is 6.72. The summed E-state index contributed by atoms with van der Waals surface area (Å²) in [6.07, 6.45) is 4.03. The lowest BCUT2D eigenvalue weighted by Gasteiger charge is -2.30. The van der Waals surface area contributed by atoms with Crippen molar-refractivity contribution in [2.45, 2.75) is 12.8 Å². The van der Waals surface area contributed by atoms with Gasteiger partial charge in [-0.1, -0.05) is 0 Å². The fourth-order valence-corrected chi connectivity index (χ4v) is 2.20. The number of hydrogen-bond donors (Lipinski definition) is 1. The Morgan fingerprint density at radius 3 is 2.62 bits per heavy atom. The zero-order chi connectivity index (χ0) is 15.2. The molecule has 1 aliphatic heterocycles. The van der Waals surface area contributed by atoms with Crippen molar-refractivity contribution in [2.75, 3.05) is 19.7 Å². The van der Waals surface area contributed by atoms with Crippen molar-refractivity contribution in [3.8, 4) is 0 Å². The lowest BCUT2D eigenvalue weighted by molar-refractivity contribution is -0.137. The van der Waals surface area contributed by atoms with Crippen LogP contribution in [0.5, 0.6) is 0 Å². The molecule has 21 heavy (non-hydrogen) atoms. The molecular weight excluding hydrogens is 274 g/mol. The van der Waals surface area contributed by atoms with Gasteiger partial charge in [-0.3, -0.25) is 14.6 Å². The molecule has 2 amide bonds. The Morgan fingerprint density at radius 1 is 1.33 bits per heavy atom. The van der Waals surface area contributed by atoms with Crippen LogP contribution in [-0.2, 0) is 14.3 Å². The molecule has 1 aromatic rings. The third-order valence-electron chi connectivity index (χ3n) is 3.47. The second kappa shape index (κ2) is 6.83. The molecule has 0 saturated carbocycles. The van der Waals surface area contributed by atoms with Gasteiger partial charge in [0.2, 0.25) is 5.91 Å². The maximum atomic E-state index is 11.9. The molecule has 0 atom stereocenters. The molecule has 7 nitrogen and oxygen atoms in total. The van der Waals surface area contributed by atoms with Gasteiger partial charge in [-0.25, -0.2) is 4.79 Å². The van der Waals surface area contributed by atoms with Crippen LogP contribution in [0.15, 0.2) is 24.5 Å². The third kappa shape index (κ3) is 4.01. The summed E-state index contributed by atoms with van der Waals surface area (Å²) in [5.41, 5.74) is 5.54. The number of likely N-dealkylation sites (tertiary alicyclic amines) is 1. The minimum Gasteiger partial charge on any atom is -0.452 e. The molecule has 1 aliphatic rings. The quantitative estimate of drug-likeness (QED) is 0.784. The van der Waals surface area contributed by atoms with Crippen LogP contribution in [0, 0.1) is 5.92 Å². The number of nitrogens with two attached hydrogens (primary N) is 1. The Hall–Kier alpha value is -2.44.